The van der Waals surface area contributed by atoms with Crippen molar-refractivity contribution in [1.82, 2.24) is 0 Å². The molecule has 0 unspecified atom stereocenters. The quantitative estimate of drug-likeness (QED) is 0.190. The zero-order valence-corrected chi connectivity index (χ0v) is 26.5. The fraction of sp³-hybridized carbons (Fsp3) is 0. The van der Waals surface area contributed by atoms with E-state index in [1.165, 1.54) is 21.9 Å². The highest BCUT2D eigenvalue weighted by Crippen LogP contribution is 2.46. The zero-order valence-electron chi connectivity index (χ0n) is 26.5. The number of anilines is 3. The lowest BCUT2D eigenvalue weighted by Crippen LogP contribution is -2.11. The number of fused-ring (bicyclic) bond motifs is 7. The summed E-state index contributed by atoms with van der Waals surface area (Å²) in [7, 11) is 0. The molecule has 0 radical (unpaired) electrons. The van der Waals surface area contributed by atoms with Crippen LogP contribution in [0.4, 0.5) is 17.1 Å². The summed E-state index contributed by atoms with van der Waals surface area (Å²) in [4.78, 5) is 2.33. The van der Waals surface area contributed by atoms with E-state index in [2.05, 4.69) is 157 Å². The van der Waals surface area contributed by atoms with Crippen molar-refractivity contribution in [3.63, 3.8) is 0 Å². The van der Waals surface area contributed by atoms with Crippen LogP contribution in [0, 0.1) is 0 Å². The van der Waals surface area contributed by atoms with Crippen LogP contribution in [-0.2, 0) is 0 Å². The van der Waals surface area contributed by atoms with E-state index in [9.17, 15) is 0 Å². The summed E-state index contributed by atoms with van der Waals surface area (Å²) in [5.74, 6) is 0. The van der Waals surface area contributed by atoms with Crippen LogP contribution in [0.1, 0.15) is 0 Å². The molecule has 0 aliphatic rings. The van der Waals surface area contributed by atoms with Crippen LogP contribution < -0.4 is 4.90 Å². The number of benzene rings is 8. The second-order valence-electron chi connectivity index (χ2n) is 12.5. The Kier molecular flexibility index (Phi) is 6.18. The van der Waals surface area contributed by atoms with E-state index < -0.39 is 0 Å². The maximum atomic E-state index is 6.63. The number of hydrogen-bond donors (Lipinski definition) is 0. The van der Waals surface area contributed by atoms with E-state index in [4.69, 9.17) is 8.83 Å². The summed E-state index contributed by atoms with van der Waals surface area (Å²) in [6.07, 6.45) is 0. The minimum Gasteiger partial charge on any atom is -0.456 e. The molecule has 230 valence electrons. The lowest BCUT2D eigenvalue weighted by Gasteiger charge is -2.28. The Bertz CT molecular complexity index is 2830. The predicted octanol–water partition coefficient (Wildman–Crippen LogP) is 13.4. The molecule has 0 spiro atoms. The van der Waals surface area contributed by atoms with E-state index in [0.717, 1.165) is 72.1 Å². The average Bonchev–Trinajstić information content (AvgIpc) is 3.74. The summed E-state index contributed by atoms with van der Waals surface area (Å²) in [5.41, 5.74) is 11.1. The van der Waals surface area contributed by atoms with Gasteiger partial charge in [0.25, 0.3) is 0 Å². The topological polar surface area (TPSA) is 29.5 Å². The Hall–Kier alpha value is -6.58. The zero-order chi connectivity index (χ0) is 32.3. The van der Waals surface area contributed by atoms with Crippen molar-refractivity contribution in [3.05, 3.63) is 176 Å². The van der Waals surface area contributed by atoms with Gasteiger partial charge in [0.2, 0.25) is 0 Å². The van der Waals surface area contributed by atoms with Crippen LogP contribution in [0.5, 0.6) is 0 Å². The first kappa shape index (κ1) is 27.5. The van der Waals surface area contributed by atoms with E-state index in [0.29, 0.717) is 0 Å². The van der Waals surface area contributed by atoms with Crippen LogP contribution in [0.3, 0.4) is 0 Å². The lowest BCUT2D eigenvalue weighted by molar-refractivity contribution is 0.668. The third-order valence-electron chi connectivity index (χ3n) is 9.69. The average molecular weight is 628 g/mol. The highest BCUT2D eigenvalue weighted by atomic mass is 16.3. The van der Waals surface area contributed by atoms with E-state index in [-0.39, 0.29) is 0 Å². The van der Waals surface area contributed by atoms with Crippen molar-refractivity contribution in [2.75, 3.05) is 4.90 Å². The van der Waals surface area contributed by atoms with Crippen molar-refractivity contribution >= 4 is 71.7 Å². The molecule has 2 aromatic heterocycles. The van der Waals surface area contributed by atoms with Crippen LogP contribution in [0.2, 0.25) is 0 Å². The van der Waals surface area contributed by atoms with E-state index >= 15 is 0 Å². The lowest BCUT2D eigenvalue weighted by atomic mass is 9.97. The van der Waals surface area contributed by atoms with Gasteiger partial charge >= 0.3 is 0 Å². The summed E-state index contributed by atoms with van der Waals surface area (Å²) >= 11 is 0. The third kappa shape index (κ3) is 4.44. The van der Waals surface area contributed by atoms with Crippen LogP contribution in [0.15, 0.2) is 185 Å². The number of nitrogens with zero attached hydrogens (tertiary/aromatic N) is 1. The molecular weight excluding hydrogens is 599 g/mol. The van der Waals surface area contributed by atoms with Gasteiger partial charge in [-0.15, -0.1) is 0 Å². The molecule has 3 heteroatoms. The molecular formula is C46H29NO2. The molecule has 10 rings (SSSR count). The predicted molar refractivity (Wildman–Crippen MR) is 204 cm³/mol. The Morgan fingerprint density at radius 2 is 0.918 bits per heavy atom. The molecule has 3 nitrogen and oxygen atoms in total. The van der Waals surface area contributed by atoms with Crippen molar-refractivity contribution in [3.8, 4) is 22.3 Å². The Balaban J connectivity index is 1.18. The van der Waals surface area contributed by atoms with Crippen LogP contribution in [0.25, 0.3) is 76.9 Å². The van der Waals surface area contributed by atoms with Crippen LogP contribution in [-0.4, -0.2) is 0 Å². The summed E-state index contributed by atoms with van der Waals surface area (Å²) in [5, 5.41) is 6.91. The molecule has 0 aliphatic carbocycles. The largest absolute Gasteiger partial charge is 0.456 e. The monoisotopic (exact) mass is 627 g/mol. The third-order valence-corrected chi connectivity index (χ3v) is 9.69. The molecule has 0 bridgehead atoms. The van der Waals surface area contributed by atoms with Gasteiger partial charge in [-0.1, -0.05) is 127 Å². The highest BCUT2D eigenvalue weighted by Gasteiger charge is 2.22. The minimum atomic E-state index is 0.851. The highest BCUT2D eigenvalue weighted by molar-refractivity contribution is 6.11. The molecule has 0 N–H and O–H groups in total. The maximum absolute atomic E-state index is 6.63. The van der Waals surface area contributed by atoms with Crippen molar-refractivity contribution in [2.45, 2.75) is 0 Å². The van der Waals surface area contributed by atoms with Crippen molar-refractivity contribution in [2.24, 2.45) is 0 Å². The molecule has 0 fully saturated rings. The first-order valence-corrected chi connectivity index (χ1v) is 16.6. The van der Waals surface area contributed by atoms with Crippen molar-refractivity contribution < 1.29 is 8.83 Å². The fourth-order valence-electron chi connectivity index (χ4n) is 7.39. The number of rotatable bonds is 5. The fourth-order valence-corrected chi connectivity index (χ4v) is 7.39. The SMILES string of the molecule is c1ccc(N(c2ccc(-c3cccc4ccccc34)cc2)c2cccc3c2oc2ccccc23)c(-c2ccc3c(c2)oc2ccccc23)c1. The van der Waals surface area contributed by atoms with Gasteiger partial charge in [0.05, 0.1) is 11.4 Å². The molecule has 10 aromatic rings. The number of hydrogen-bond acceptors (Lipinski definition) is 3. The first-order chi connectivity index (χ1) is 24.3. The van der Waals surface area contributed by atoms with Gasteiger partial charge in [0.1, 0.15) is 16.7 Å². The van der Waals surface area contributed by atoms with Crippen LogP contribution >= 0.6 is 0 Å². The normalized spacial score (nSPS) is 11.7. The van der Waals surface area contributed by atoms with Gasteiger partial charge < -0.3 is 13.7 Å². The molecule has 0 aliphatic heterocycles. The van der Waals surface area contributed by atoms with Crippen molar-refractivity contribution in [1.29, 1.82) is 0 Å². The smallest absolute Gasteiger partial charge is 0.159 e. The van der Waals surface area contributed by atoms with E-state index in [1.54, 1.807) is 0 Å². The van der Waals surface area contributed by atoms with Gasteiger partial charge in [-0.3, -0.25) is 0 Å². The Morgan fingerprint density at radius 3 is 1.78 bits per heavy atom. The Morgan fingerprint density at radius 1 is 0.347 bits per heavy atom. The summed E-state index contributed by atoms with van der Waals surface area (Å²) in [6.45, 7) is 0. The molecule has 0 saturated heterocycles. The van der Waals surface area contributed by atoms with Gasteiger partial charge in [-0.2, -0.15) is 0 Å². The molecule has 0 saturated carbocycles. The minimum absolute atomic E-state index is 0.851. The van der Waals surface area contributed by atoms with Gasteiger partial charge in [0, 0.05) is 32.8 Å². The second kappa shape index (κ2) is 11.0. The standard InChI is InChI=1S/C46H29NO2/c1-2-13-34-30(11-1)12-9-17-35(34)31-23-26-33(27-24-31)47(42-20-10-18-40-38-16-5-8-22-44(38)49-46(40)42)41-19-6-3-14-36(41)32-25-28-39-37-15-4-7-21-43(37)48-45(39)29-32/h1-29H. The molecule has 8 aromatic carbocycles. The molecule has 0 amide bonds. The van der Waals surface area contributed by atoms with E-state index in [1.807, 2.05) is 24.3 Å². The van der Waals surface area contributed by atoms with Gasteiger partial charge in [0.15, 0.2) is 5.58 Å². The number of furan rings is 2. The molecule has 0 atom stereocenters. The molecule has 2 heterocycles. The maximum Gasteiger partial charge on any atom is 0.159 e. The summed E-state index contributed by atoms with van der Waals surface area (Å²) < 4.78 is 13.0. The van der Waals surface area contributed by atoms with Gasteiger partial charge in [-0.25, -0.2) is 0 Å². The second-order valence-corrected chi connectivity index (χ2v) is 12.5. The Labute approximate surface area is 282 Å². The number of para-hydroxylation sites is 4. The summed E-state index contributed by atoms with van der Waals surface area (Å²) in [6, 6.07) is 62.0. The first-order valence-electron chi connectivity index (χ1n) is 16.6. The molecule has 49 heavy (non-hydrogen) atoms. The van der Waals surface area contributed by atoms with Gasteiger partial charge in [-0.05, 0) is 76.0 Å².